The van der Waals surface area contributed by atoms with E-state index in [2.05, 4.69) is 0 Å². The van der Waals surface area contributed by atoms with Crippen LogP contribution in [0.25, 0.3) is 0 Å². The van der Waals surface area contributed by atoms with E-state index in [-0.39, 0.29) is 23.8 Å². The number of carbonyl (C=O) groups is 3. The first-order valence-corrected chi connectivity index (χ1v) is 6.55. The summed E-state index contributed by atoms with van der Waals surface area (Å²) in [4.78, 5) is 36.0. The summed E-state index contributed by atoms with van der Waals surface area (Å²) in [7, 11) is 0. The van der Waals surface area contributed by atoms with Crippen molar-refractivity contribution in [1.82, 2.24) is 0 Å². The molecule has 0 aliphatic heterocycles. The fraction of sp³-hybridized carbons (Fsp3) is 0.533. The van der Waals surface area contributed by atoms with E-state index in [9.17, 15) is 19.5 Å². The molecule has 0 amide bonds. The smallest absolute Gasteiger partial charge is 0.146 e. The first kappa shape index (κ1) is 14.7. The summed E-state index contributed by atoms with van der Waals surface area (Å²) >= 11 is 0. The van der Waals surface area contributed by atoms with E-state index in [1.54, 1.807) is 12.1 Å². The molecule has 1 N–H and O–H groups in total. The first-order valence-electron chi connectivity index (χ1n) is 6.55. The summed E-state index contributed by atoms with van der Waals surface area (Å²) in [6.07, 6.45) is 1.23. The Kier molecular flexibility index (Phi) is 3.65. The minimum atomic E-state index is -1.47. The highest BCUT2D eigenvalue weighted by Gasteiger charge is 2.54. The maximum absolute atomic E-state index is 12.2. The molecule has 0 unspecified atom stereocenters. The molecule has 2 rings (SSSR count). The summed E-state index contributed by atoms with van der Waals surface area (Å²) in [6.45, 7) is 4.15. The van der Waals surface area contributed by atoms with E-state index in [1.165, 1.54) is 27.0 Å². The lowest BCUT2D eigenvalue weighted by molar-refractivity contribution is -0.152. The van der Waals surface area contributed by atoms with Crippen LogP contribution in [0, 0.1) is 11.8 Å². The van der Waals surface area contributed by atoms with Gasteiger partial charge in [-0.1, -0.05) is 0 Å². The molecule has 0 aromatic carbocycles. The van der Waals surface area contributed by atoms with Gasteiger partial charge in [-0.3, -0.25) is 14.4 Å². The molecule has 1 aromatic rings. The highest BCUT2D eigenvalue weighted by Crippen LogP contribution is 2.46. The van der Waals surface area contributed by atoms with Crippen molar-refractivity contribution in [2.45, 2.75) is 38.7 Å². The van der Waals surface area contributed by atoms with Crippen LogP contribution in [0.15, 0.2) is 22.8 Å². The molecule has 0 spiro atoms. The molecule has 0 bridgehead atoms. The van der Waals surface area contributed by atoms with Crippen molar-refractivity contribution in [3.05, 3.63) is 24.2 Å². The van der Waals surface area contributed by atoms with Gasteiger partial charge in [-0.25, -0.2) is 0 Å². The Hall–Kier alpha value is -1.75. The number of rotatable bonds is 3. The number of aliphatic hydroxyl groups is 1. The monoisotopic (exact) mass is 278 g/mol. The average molecular weight is 278 g/mol. The highest BCUT2D eigenvalue weighted by atomic mass is 16.3. The molecular weight excluding hydrogens is 260 g/mol. The van der Waals surface area contributed by atoms with Crippen molar-refractivity contribution < 1.29 is 23.9 Å². The Bertz CT molecular complexity index is 541. The number of hydrogen-bond acceptors (Lipinski definition) is 5. The first-order chi connectivity index (χ1) is 9.25. The number of ketones is 3. The lowest BCUT2D eigenvalue weighted by Crippen LogP contribution is -2.53. The number of furan rings is 1. The van der Waals surface area contributed by atoms with Crippen LogP contribution in [0.3, 0.4) is 0 Å². The molecule has 5 heteroatoms. The summed E-state index contributed by atoms with van der Waals surface area (Å²) in [5.74, 6) is -3.03. The van der Waals surface area contributed by atoms with Crippen LogP contribution in [0.1, 0.15) is 38.9 Å². The molecule has 1 heterocycles. The summed E-state index contributed by atoms with van der Waals surface area (Å²) in [5, 5.41) is 10.4. The van der Waals surface area contributed by atoms with E-state index < -0.39 is 23.4 Å². The molecule has 1 fully saturated rings. The van der Waals surface area contributed by atoms with Gasteiger partial charge in [-0.15, -0.1) is 0 Å². The predicted octanol–water partition coefficient (Wildman–Crippen LogP) is 1.50. The fourth-order valence-corrected chi connectivity index (χ4v) is 3.33. The minimum Gasteiger partial charge on any atom is -0.469 e. The van der Waals surface area contributed by atoms with Crippen molar-refractivity contribution in [2.24, 2.45) is 11.8 Å². The van der Waals surface area contributed by atoms with E-state index in [1.807, 2.05) is 0 Å². The van der Waals surface area contributed by atoms with Crippen molar-refractivity contribution in [1.29, 1.82) is 0 Å². The number of Topliss-reactive ketones (excluding diaryl/α,β-unsaturated/α-hetero) is 3. The molecule has 108 valence electrons. The van der Waals surface area contributed by atoms with Gasteiger partial charge >= 0.3 is 0 Å². The zero-order chi connectivity index (χ0) is 15.1. The zero-order valence-corrected chi connectivity index (χ0v) is 11.8. The normalized spacial score (nSPS) is 34.0. The van der Waals surface area contributed by atoms with Gasteiger partial charge in [0.25, 0.3) is 0 Å². The van der Waals surface area contributed by atoms with E-state index >= 15 is 0 Å². The van der Waals surface area contributed by atoms with Gasteiger partial charge in [0.05, 0.1) is 23.7 Å². The largest absolute Gasteiger partial charge is 0.469 e. The second-order valence-electron chi connectivity index (χ2n) is 5.72. The molecule has 1 saturated carbocycles. The quantitative estimate of drug-likeness (QED) is 0.847. The molecule has 0 radical (unpaired) electrons. The van der Waals surface area contributed by atoms with Gasteiger partial charge in [-0.2, -0.15) is 0 Å². The van der Waals surface area contributed by atoms with Crippen LogP contribution in [-0.4, -0.2) is 28.1 Å². The molecule has 4 atom stereocenters. The second kappa shape index (κ2) is 4.98. The van der Waals surface area contributed by atoms with Crippen LogP contribution in [0.2, 0.25) is 0 Å². The molecule has 1 aliphatic rings. The Labute approximate surface area is 117 Å². The van der Waals surface area contributed by atoms with E-state index in [0.717, 1.165) is 0 Å². The maximum atomic E-state index is 12.2. The van der Waals surface area contributed by atoms with E-state index in [4.69, 9.17) is 4.42 Å². The standard InChI is InChI=1S/C15H18O5/c1-8(16)12-10(18)7-15(3,19)14(9(2)17)13(12)11-5-4-6-20-11/h4-6,12-14,19H,7H2,1-3H3/t12-,13-,14-,15-/m0/s1. The van der Waals surface area contributed by atoms with Crippen molar-refractivity contribution in [2.75, 3.05) is 0 Å². The van der Waals surface area contributed by atoms with Crippen LogP contribution >= 0.6 is 0 Å². The maximum Gasteiger partial charge on any atom is 0.146 e. The van der Waals surface area contributed by atoms with Crippen LogP contribution in [0.4, 0.5) is 0 Å². The highest BCUT2D eigenvalue weighted by molar-refractivity contribution is 6.04. The molecule has 5 nitrogen and oxygen atoms in total. The zero-order valence-electron chi connectivity index (χ0n) is 11.8. The summed E-state index contributed by atoms with van der Waals surface area (Å²) < 4.78 is 5.31. The van der Waals surface area contributed by atoms with Crippen molar-refractivity contribution >= 4 is 17.3 Å². The van der Waals surface area contributed by atoms with Gasteiger partial charge in [0, 0.05) is 12.3 Å². The molecule has 0 saturated heterocycles. The fourth-order valence-electron chi connectivity index (χ4n) is 3.33. The van der Waals surface area contributed by atoms with Crippen LogP contribution in [0.5, 0.6) is 0 Å². The number of hydrogen-bond donors (Lipinski definition) is 1. The third kappa shape index (κ3) is 2.33. The van der Waals surface area contributed by atoms with Crippen LogP contribution < -0.4 is 0 Å². The van der Waals surface area contributed by atoms with Crippen LogP contribution in [-0.2, 0) is 14.4 Å². The molecule has 20 heavy (non-hydrogen) atoms. The van der Waals surface area contributed by atoms with Gasteiger partial charge in [-0.05, 0) is 32.9 Å². The van der Waals surface area contributed by atoms with Gasteiger partial charge in [0.1, 0.15) is 23.1 Å². The lowest BCUT2D eigenvalue weighted by Gasteiger charge is -2.43. The Morgan fingerprint density at radius 1 is 1.35 bits per heavy atom. The molecular formula is C15H18O5. The average Bonchev–Trinajstić information content (AvgIpc) is 2.77. The lowest BCUT2D eigenvalue weighted by atomic mass is 9.61. The minimum absolute atomic E-state index is 0.196. The van der Waals surface area contributed by atoms with Gasteiger partial charge in [0.2, 0.25) is 0 Å². The second-order valence-corrected chi connectivity index (χ2v) is 5.72. The van der Waals surface area contributed by atoms with Gasteiger partial charge < -0.3 is 9.52 Å². The Morgan fingerprint density at radius 3 is 2.45 bits per heavy atom. The van der Waals surface area contributed by atoms with Gasteiger partial charge in [0.15, 0.2) is 0 Å². The SMILES string of the molecule is CC(=O)[C@H]1C(=O)C[C@](C)(O)[C@@H](C(C)=O)[C@H]1c1ccco1. The summed E-state index contributed by atoms with van der Waals surface area (Å²) in [5.41, 5.74) is -1.47. The Balaban J connectivity index is 2.58. The third-order valence-electron chi connectivity index (χ3n) is 4.01. The van der Waals surface area contributed by atoms with Crippen molar-refractivity contribution in [3.63, 3.8) is 0 Å². The topological polar surface area (TPSA) is 84.6 Å². The van der Waals surface area contributed by atoms with E-state index in [0.29, 0.717) is 5.76 Å². The number of carbonyl (C=O) groups excluding carboxylic acids is 3. The predicted molar refractivity (Wildman–Crippen MR) is 70.0 cm³/mol. The Morgan fingerprint density at radius 2 is 2.00 bits per heavy atom. The molecule has 1 aliphatic carbocycles. The molecule has 1 aromatic heterocycles. The summed E-state index contributed by atoms with van der Waals surface area (Å²) in [6, 6.07) is 3.27. The third-order valence-corrected chi connectivity index (χ3v) is 4.01. The van der Waals surface area contributed by atoms with Crippen molar-refractivity contribution in [3.8, 4) is 0 Å².